The highest BCUT2D eigenvalue weighted by Gasteiger charge is 2.11. The van der Waals surface area contributed by atoms with Crippen LogP contribution in [0, 0.1) is 0 Å². The van der Waals surface area contributed by atoms with Crippen LogP contribution in [0.3, 0.4) is 0 Å². The van der Waals surface area contributed by atoms with Crippen LogP contribution in [0.25, 0.3) is 0 Å². The average Bonchev–Trinajstić information content (AvgIpc) is 2.28. The van der Waals surface area contributed by atoms with E-state index in [1.165, 1.54) is 25.3 Å². The molecule has 92 valence electrons. The number of hydrogen-bond acceptors (Lipinski definition) is 6. The van der Waals surface area contributed by atoms with Gasteiger partial charge in [0.15, 0.2) is 0 Å². The summed E-state index contributed by atoms with van der Waals surface area (Å²) in [4.78, 5) is 21.4. The summed E-state index contributed by atoms with van der Waals surface area (Å²) in [6.45, 7) is 3.11. The lowest BCUT2D eigenvalue weighted by Gasteiger charge is -2.02. The van der Waals surface area contributed by atoms with Gasteiger partial charge in [-0.1, -0.05) is 6.58 Å². The van der Waals surface area contributed by atoms with E-state index in [9.17, 15) is 14.7 Å². The number of phenolic OH excluding ortho intramolecular Hbond substituents is 1. The van der Waals surface area contributed by atoms with Gasteiger partial charge in [0, 0.05) is 5.56 Å². The van der Waals surface area contributed by atoms with Gasteiger partial charge in [-0.05, 0) is 18.2 Å². The second-order valence-electron chi connectivity index (χ2n) is 2.96. The van der Waals surface area contributed by atoms with Gasteiger partial charge < -0.3 is 21.3 Å². The molecule has 0 saturated heterocycles. The topological polar surface area (TPSA) is 116 Å². The lowest BCUT2D eigenvalue weighted by molar-refractivity contribution is 0.0597. The molecule has 0 aliphatic heterocycles. The van der Waals surface area contributed by atoms with Gasteiger partial charge in [0.2, 0.25) is 0 Å². The molecule has 0 saturated carbocycles. The fraction of sp³-hybridized carbons (Fsp3) is 0.0909. The van der Waals surface area contributed by atoms with Crippen molar-refractivity contribution < 1.29 is 19.4 Å². The molecule has 17 heavy (non-hydrogen) atoms. The first-order chi connectivity index (χ1) is 7.92. The molecule has 0 spiro atoms. The Kier molecular flexibility index (Phi) is 5.87. The van der Waals surface area contributed by atoms with E-state index < -0.39 is 5.97 Å². The zero-order valence-electron chi connectivity index (χ0n) is 9.34. The Morgan fingerprint density at radius 2 is 2.00 bits per heavy atom. The van der Waals surface area contributed by atoms with Crippen molar-refractivity contribution >= 4 is 12.3 Å². The van der Waals surface area contributed by atoms with Crippen molar-refractivity contribution in [2.45, 2.75) is 0 Å². The molecule has 0 atom stereocenters. The third-order valence-corrected chi connectivity index (χ3v) is 1.56. The molecule has 0 amide bonds. The van der Waals surface area contributed by atoms with E-state index in [0.717, 1.165) is 0 Å². The molecule has 0 aromatic heterocycles. The molecule has 6 heteroatoms. The van der Waals surface area contributed by atoms with Crippen molar-refractivity contribution in [2.75, 3.05) is 7.11 Å². The van der Waals surface area contributed by atoms with Crippen LogP contribution >= 0.6 is 0 Å². The van der Waals surface area contributed by atoms with Gasteiger partial charge in [0.05, 0.1) is 12.9 Å². The van der Waals surface area contributed by atoms with E-state index in [4.69, 9.17) is 11.5 Å². The van der Waals surface area contributed by atoms with Crippen LogP contribution in [-0.4, -0.2) is 24.5 Å². The maximum atomic E-state index is 11.0. The first-order valence-electron chi connectivity index (χ1n) is 4.48. The highest BCUT2D eigenvalue weighted by molar-refractivity contribution is 5.94. The summed E-state index contributed by atoms with van der Waals surface area (Å²) in [7, 11) is 1.20. The number of methoxy groups -OCH3 is 1. The summed E-state index contributed by atoms with van der Waals surface area (Å²) in [5, 5.41) is 9.22. The highest BCUT2D eigenvalue weighted by Crippen LogP contribution is 2.18. The van der Waals surface area contributed by atoms with E-state index >= 15 is 0 Å². The monoisotopic (exact) mass is 238 g/mol. The summed E-state index contributed by atoms with van der Waals surface area (Å²) in [5.74, 6) is -0.696. The standard InChI is InChI=1S/C9H8O4.C2H6N2/c1-13-9(12)7-4-6(5-10)2-3-8(7)11;1-2(3)4/h2-5,11H,1H3;1,3-4H2. The summed E-state index contributed by atoms with van der Waals surface area (Å²) < 4.78 is 4.40. The van der Waals surface area contributed by atoms with E-state index in [0.29, 0.717) is 11.8 Å². The first-order valence-corrected chi connectivity index (χ1v) is 4.48. The summed E-state index contributed by atoms with van der Waals surface area (Å²) >= 11 is 0. The zero-order valence-corrected chi connectivity index (χ0v) is 9.34. The average molecular weight is 238 g/mol. The van der Waals surface area contributed by atoms with E-state index in [2.05, 4.69) is 11.3 Å². The van der Waals surface area contributed by atoms with Crippen molar-refractivity contribution in [2.24, 2.45) is 11.5 Å². The number of benzene rings is 1. The maximum Gasteiger partial charge on any atom is 0.341 e. The Bertz CT molecular complexity index is 425. The molecule has 1 rings (SSSR count). The summed E-state index contributed by atoms with van der Waals surface area (Å²) in [6.07, 6.45) is 0.589. The van der Waals surface area contributed by atoms with Crippen molar-refractivity contribution in [1.82, 2.24) is 0 Å². The van der Waals surface area contributed by atoms with Crippen molar-refractivity contribution in [1.29, 1.82) is 0 Å². The van der Waals surface area contributed by atoms with E-state index in [1.807, 2.05) is 0 Å². The van der Waals surface area contributed by atoms with Gasteiger partial charge in [-0.25, -0.2) is 4.79 Å². The second kappa shape index (κ2) is 6.89. The first kappa shape index (κ1) is 14.5. The van der Waals surface area contributed by atoms with Crippen LogP contribution in [0.15, 0.2) is 30.6 Å². The Morgan fingerprint density at radius 3 is 2.41 bits per heavy atom. The number of aldehydes is 1. The third kappa shape index (κ3) is 5.22. The number of nitrogens with two attached hydrogens (primary N) is 2. The molecule has 1 aromatic rings. The van der Waals surface area contributed by atoms with Crippen molar-refractivity contribution in [3.8, 4) is 5.75 Å². The summed E-state index contributed by atoms with van der Waals surface area (Å²) in [5.41, 5.74) is 9.70. The fourth-order valence-electron chi connectivity index (χ4n) is 0.900. The number of esters is 1. The summed E-state index contributed by atoms with van der Waals surface area (Å²) in [6, 6.07) is 3.96. The number of phenols is 1. The predicted octanol–water partition coefficient (Wildman–Crippen LogP) is 0.366. The second-order valence-corrected chi connectivity index (χ2v) is 2.96. The van der Waals surface area contributed by atoms with Crippen molar-refractivity contribution in [3.63, 3.8) is 0 Å². The van der Waals surface area contributed by atoms with E-state index in [1.54, 1.807) is 0 Å². The molecule has 0 aliphatic carbocycles. The lowest BCUT2D eigenvalue weighted by atomic mass is 10.1. The Hall–Kier alpha value is -2.50. The minimum Gasteiger partial charge on any atom is -0.507 e. The largest absolute Gasteiger partial charge is 0.507 e. The number of carbonyl (C=O) groups excluding carboxylic acids is 2. The Morgan fingerprint density at radius 1 is 1.47 bits per heavy atom. The Balaban J connectivity index is 0.000000557. The minimum atomic E-state index is -0.666. The third-order valence-electron chi connectivity index (χ3n) is 1.56. The molecule has 6 nitrogen and oxygen atoms in total. The smallest absolute Gasteiger partial charge is 0.341 e. The van der Waals surface area contributed by atoms with Crippen LogP contribution in [-0.2, 0) is 4.74 Å². The van der Waals surface area contributed by atoms with Gasteiger partial charge in [0.1, 0.15) is 17.6 Å². The van der Waals surface area contributed by atoms with Crippen LogP contribution < -0.4 is 11.5 Å². The quantitative estimate of drug-likeness (QED) is 0.506. The predicted molar refractivity (Wildman–Crippen MR) is 62.3 cm³/mol. The molecule has 1 aromatic carbocycles. The van der Waals surface area contributed by atoms with Crippen LogP contribution in [0.1, 0.15) is 20.7 Å². The molecule has 0 heterocycles. The van der Waals surface area contributed by atoms with Crippen LogP contribution in [0.5, 0.6) is 5.75 Å². The van der Waals surface area contributed by atoms with Gasteiger partial charge in [0.25, 0.3) is 0 Å². The van der Waals surface area contributed by atoms with Gasteiger partial charge in [-0.15, -0.1) is 0 Å². The van der Waals surface area contributed by atoms with Crippen LogP contribution in [0.2, 0.25) is 0 Å². The number of rotatable bonds is 2. The number of ether oxygens (including phenoxy) is 1. The fourth-order valence-corrected chi connectivity index (χ4v) is 0.900. The highest BCUT2D eigenvalue weighted by atomic mass is 16.5. The molecule has 0 unspecified atom stereocenters. The molecule has 0 fully saturated rings. The number of carbonyl (C=O) groups is 2. The molecule has 5 N–H and O–H groups in total. The molecule has 0 aliphatic rings. The van der Waals surface area contributed by atoms with Crippen molar-refractivity contribution in [3.05, 3.63) is 41.7 Å². The molecule has 0 bridgehead atoms. The molecular formula is C11H14N2O4. The zero-order chi connectivity index (χ0) is 13.4. The van der Waals surface area contributed by atoms with Gasteiger partial charge in [-0.2, -0.15) is 0 Å². The minimum absolute atomic E-state index is 0.00731. The molecule has 0 radical (unpaired) electrons. The number of aromatic hydroxyl groups is 1. The Labute approximate surface area is 98.5 Å². The SMILES string of the molecule is C=C(N)N.COC(=O)c1cc(C=O)ccc1O. The molecular weight excluding hydrogens is 224 g/mol. The van der Waals surface area contributed by atoms with Gasteiger partial charge in [-0.3, -0.25) is 4.79 Å². The van der Waals surface area contributed by atoms with Crippen LogP contribution in [0.4, 0.5) is 0 Å². The normalized spacial score (nSPS) is 8.53. The maximum absolute atomic E-state index is 11.0. The van der Waals surface area contributed by atoms with E-state index in [-0.39, 0.29) is 17.1 Å². The van der Waals surface area contributed by atoms with Gasteiger partial charge >= 0.3 is 5.97 Å². The lowest BCUT2D eigenvalue weighted by Crippen LogP contribution is -2.04. The number of hydrogen-bond donors (Lipinski definition) is 3.